The molecule has 172 valence electrons. The Labute approximate surface area is 192 Å². The van der Waals surface area contributed by atoms with Crippen molar-refractivity contribution in [1.82, 2.24) is 20.9 Å². The third kappa shape index (κ3) is 7.89. The van der Waals surface area contributed by atoms with Gasteiger partial charge < -0.3 is 14.8 Å². The number of carbonyl (C=O) groups is 2. The van der Waals surface area contributed by atoms with Gasteiger partial charge in [0.05, 0.1) is 25.6 Å². The summed E-state index contributed by atoms with van der Waals surface area (Å²) in [5, 5.41) is 13.3. The summed E-state index contributed by atoms with van der Waals surface area (Å²) in [6.45, 7) is 2.10. The molecule has 0 saturated carbocycles. The van der Waals surface area contributed by atoms with E-state index in [0.29, 0.717) is 45.6 Å². The van der Waals surface area contributed by atoms with Gasteiger partial charge in [-0.05, 0) is 40.8 Å². The zero-order chi connectivity index (χ0) is 23.1. The fourth-order valence-electron chi connectivity index (χ4n) is 3.22. The Hall–Kier alpha value is -3.98. The van der Waals surface area contributed by atoms with Gasteiger partial charge in [-0.2, -0.15) is 10.2 Å². The molecule has 0 fully saturated rings. The van der Waals surface area contributed by atoms with Crippen molar-refractivity contribution in [3.63, 3.8) is 0 Å². The molecule has 33 heavy (non-hydrogen) atoms. The molecule has 0 aliphatic heterocycles. The van der Waals surface area contributed by atoms with E-state index in [0.717, 1.165) is 40.0 Å². The molecule has 1 heterocycles. The maximum absolute atomic E-state index is 10.5. The second kappa shape index (κ2) is 13.4. The van der Waals surface area contributed by atoms with Gasteiger partial charge in [0.2, 0.25) is 12.8 Å². The first-order chi connectivity index (χ1) is 16.3. The third-order valence-electron chi connectivity index (χ3n) is 4.77. The summed E-state index contributed by atoms with van der Waals surface area (Å²) < 4.78 is 11.3. The van der Waals surface area contributed by atoms with Crippen LogP contribution in [-0.4, -0.2) is 55.6 Å². The Balaban J connectivity index is 1.63. The van der Waals surface area contributed by atoms with Crippen LogP contribution in [0.25, 0.3) is 11.1 Å². The summed E-state index contributed by atoms with van der Waals surface area (Å²) in [4.78, 5) is 20.7. The van der Waals surface area contributed by atoms with Crippen molar-refractivity contribution in [3.8, 4) is 16.9 Å². The fourth-order valence-corrected chi connectivity index (χ4v) is 3.22. The summed E-state index contributed by atoms with van der Waals surface area (Å²) in [5.74, 6) is 0.791. The van der Waals surface area contributed by atoms with E-state index in [-0.39, 0.29) is 0 Å². The topological polar surface area (TPSA) is 118 Å². The number of carbonyl (C=O) groups excluding carboxylic acids is 2. The van der Waals surface area contributed by atoms with Crippen molar-refractivity contribution in [2.75, 3.05) is 26.4 Å². The minimum Gasteiger partial charge on any atom is -0.493 e. The molecule has 0 unspecified atom stereocenters. The van der Waals surface area contributed by atoms with Crippen LogP contribution >= 0.6 is 0 Å². The zero-order valence-corrected chi connectivity index (χ0v) is 18.2. The van der Waals surface area contributed by atoms with Crippen LogP contribution in [0.3, 0.4) is 0 Å². The number of H-pyrrole nitrogens is 1. The van der Waals surface area contributed by atoms with Gasteiger partial charge in [-0.1, -0.05) is 30.3 Å². The first-order valence-corrected chi connectivity index (χ1v) is 10.6. The van der Waals surface area contributed by atoms with Crippen molar-refractivity contribution in [2.45, 2.75) is 12.8 Å². The molecule has 9 heteroatoms. The van der Waals surface area contributed by atoms with Gasteiger partial charge >= 0.3 is 0 Å². The van der Waals surface area contributed by atoms with Crippen LogP contribution in [0.15, 0.2) is 60.0 Å². The van der Waals surface area contributed by atoms with Crippen LogP contribution in [0.4, 0.5) is 0 Å². The average Bonchev–Trinajstić information content (AvgIpc) is 3.37. The highest BCUT2D eigenvalue weighted by Gasteiger charge is 2.08. The number of nitrogens with zero attached hydrogens (tertiary/aromatic N) is 2. The molecule has 3 N–H and O–H groups in total. The van der Waals surface area contributed by atoms with Crippen molar-refractivity contribution in [2.24, 2.45) is 5.10 Å². The van der Waals surface area contributed by atoms with Gasteiger partial charge in [-0.3, -0.25) is 14.7 Å². The van der Waals surface area contributed by atoms with Gasteiger partial charge in [-0.25, -0.2) is 5.43 Å². The van der Waals surface area contributed by atoms with Gasteiger partial charge in [0.15, 0.2) is 0 Å². The molecule has 0 spiro atoms. The molecule has 0 saturated heterocycles. The second-order valence-corrected chi connectivity index (χ2v) is 7.12. The lowest BCUT2D eigenvalue weighted by Crippen LogP contribution is -2.18. The van der Waals surface area contributed by atoms with Gasteiger partial charge in [-0.15, -0.1) is 0 Å². The highest BCUT2D eigenvalue weighted by Crippen LogP contribution is 2.24. The molecule has 3 rings (SSSR count). The standard InChI is InChI=1S/C24H27N5O4/c30-17-25-7-10-32-8-2-9-33-24-4-1-3-19(12-24)11-22-13-20(23-15-26-27-16-23)5-6-21(22)14-28-29-18-31/h1,3-6,12-18H,2,7-11H2,(H,25,30)(H,26,27)(H,29,31)/b28-14-. The lowest BCUT2D eigenvalue weighted by molar-refractivity contribution is -0.110. The number of hydrogen-bond donors (Lipinski definition) is 3. The van der Waals surface area contributed by atoms with E-state index in [1.54, 1.807) is 12.4 Å². The van der Waals surface area contributed by atoms with Crippen molar-refractivity contribution < 1.29 is 19.1 Å². The Morgan fingerprint density at radius 3 is 2.79 bits per heavy atom. The first kappa shape index (κ1) is 23.7. The predicted octanol–water partition coefficient (Wildman–Crippen LogP) is 2.28. The minimum absolute atomic E-state index is 0.486. The van der Waals surface area contributed by atoms with Crippen LogP contribution in [0.1, 0.15) is 23.1 Å². The zero-order valence-electron chi connectivity index (χ0n) is 18.2. The van der Waals surface area contributed by atoms with Crippen molar-refractivity contribution in [3.05, 3.63) is 71.5 Å². The van der Waals surface area contributed by atoms with Crippen LogP contribution in [-0.2, 0) is 20.7 Å². The molecular formula is C24H27N5O4. The van der Waals surface area contributed by atoms with Crippen molar-refractivity contribution >= 4 is 19.0 Å². The summed E-state index contributed by atoms with van der Waals surface area (Å²) in [6.07, 6.45) is 7.86. The highest BCUT2D eigenvalue weighted by atomic mass is 16.5. The third-order valence-corrected chi connectivity index (χ3v) is 4.77. The molecule has 3 aromatic rings. The molecule has 2 aromatic carbocycles. The lowest BCUT2D eigenvalue weighted by Gasteiger charge is -2.11. The van der Waals surface area contributed by atoms with E-state index in [1.165, 1.54) is 0 Å². The Bertz CT molecular complexity index is 1040. The number of nitrogens with one attached hydrogen (secondary N) is 3. The Morgan fingerprint density at radius 1 is 1.03 bits per heavy atom. The molecule has 0 bridgehead atoms. The van der Waals surface area contributed by atoms with E-state index in [9.17, 15) is 9.59 Å². The lowest BCUT2D eigenvalue weighted by atomic mass is 9.96. The molecule has 0 aliphatic carbocycles. The number of aromatic nitrogens is 2. The van der Waals surface area contributed by atoms with E-state index in [2.05, 4.69) is 32.1 Å². The fraction of sp³-hybridized carbons (Fsp3) is 0.250. The van der Waals surface area contributed by atoms with Crippen LogP contribution in [0.5, 0.6) is 5.75 Å². The molecule has 0 aliphatic rings. The smallest absolute Gasteiger partial charge is 0.227 e. The van der Waals surface area contributed by atoms with Gasteiger partial charge in [0.1, 0.15) is 5.75 Å². The molecule has 1 aromatic heterocycles. The number of amides is 2. The summed E-state index contributed by atoms with van der Waals surface area (Å²) in [5.41, 5.74) is 7.39. The number of ether oxygens (including phenoxy) is 2. The predicted molar refractivity (Wildman–Crippen MR) is 125 cm³/mol. The Morgan fingerprint density at radius 2 is 1.97 bits per heavy atom. The first-order valence-electron chi connectivity index (χ1n) is 10.6. The van der Waals surface area contributed by atoms with E-state index in [1.807, 2.05) is 42.6 Å². The van der Waals surface area contributed by atoms with Crippen LogP contribution in [0.2, 0.25) is 0 Å². The number of hydrogen-bond acceptors (Lipinski definition) is 6. The van der Waals surface area contributed by atoms with Crippen molar-refractivity contribution in [1.29, 1.82) is 0 Å². The van der Waals surface area contributed by atoms with Crippen LogP contribution in [0, 0.1) is 0 Å². The number of aromatic amines is 1. The molecule has 0 atom stereocenters. The van der Waals surface area contributed by atoms with Crippen LogP contribution < -0.4 is 15.5 Å². The van der Waals surface area contributed by atoms with E-state index < -0.39 is 0 Å². The maximum Gasteiger partial charge on any atom is 0.227 e. The molecular weight excluding hydrogens is 422 g/mol. The number of benzene rings is 2. The highest BCUT2D eigenvalue weighted by molar-refractivity contribution is 5.84. The summed E-state index contributed by atoms with van der Waals surface area (Å²) in [7, 11) is 0. The molecule has 0 radical (unpaired) electrons. The molecule has 2 amide bonds. The number of hydrazone groups is 1. The normalized spacial score (nSPS) is 10.8. The number of rotatable bonds is 15. The summed E-state index contributed by atoms with van der Waals surface area (Å²) >= 11 is 0. The van der Waals surface area contributed by atoms with Gasteiger partial charge in [0.25, 0.3) is 0 Å². The largest absolute Gasteiger partial charge is 0.493 e. The monoisotopic (exact) mass is 449 g/mol. The maximum atomic E-state index is 10.5. The SMILES string of the molecule is O=CNCCOCCCOc1cccc(Cc2cc(-c3cn[nH]c3)ccc2/C=N\NC=O)c1. The summed E-state index contributed by atoms with van der Waals surface area (Å²) in [6, 6.07) is 14.0. The quantitative estimate of drug-likeness (QED) is 0.142. The molecule has 9 nitrogen and oxygen atoms in total. The van der Waals surface area contributed by atoms with E-state index in [4.69, 9.17) is 9.47 Å². The second-order valence-electron chi connectivity index (χ2n) is 7.12. The van der Waals surface area contributed by atoms with Gasteiger partial charge in [0, 0.05) is 31.3 Å². The average molecular weight is 450 g/mol. The Kier molecular flexibility index (Phi) is 9.64. The minimum atomic E-state index is 0.486. The van der Waals surface area contributed by atoms with E-state index >= 15 is 0 Å².